The SMILES string of the molecule is CCC(=O)N1CCC[C@H]1c1nc(C)cc(Nc2ncccn2)n1. The summed E-state index contributed by atoms with van der Waals surface area (Å²) in [6.45, 7) is 4.58. The van der Waals surface area contributed by atoms with Crippen LogP contribution in [-0.4, -0.2) is 37.3 Å². The van der Waals surface area contributed by atoms with Crippen molar-refractivity contribution in [1.29, 1.82) is 0 Å². The number of hydrogen-bond donors (Lipinski definition) is 1. The fourth-order valence-electron chi connectivity index (χ4n) is 2.82. The minimum Gasteiger partial charge on any atom is -0.332 e. The lowest BCUT2D eigenvalue weighted by Crippen LogP contribution is -2.31. The first-order valence-electron chi connectivity index (χ1n) is 7.86. The summed E-state index contributed by atoms with van der Waals surface area (Å²) in [6.07, 6.45) is 5.73. The molecule has 1 atom stereocenters. The molecule has 120 valence electrons. The van der Waals surface area contributed by atoms with Gasteiger partial charge in [-0.15, -0.1) is 0 Å². The van der Waals surface area contributed by atoms with Crippen molar-refractivity contribution >= 4 is 17.7 Å². The third-order valence-corrected chi connectivity index (χ3v) is 3.85. The standard InChI is InChI=1S/C16H20N6O/c1-3-14(23)22-9-4-6-12(22)15-19-11(2)10-13(20-15)21-16-17-7-5-8-18-16/h5,7-8,10,12H,3-4,6,9H2,1-2H3,(H,17,18,19,20,21)/t12-/m0/s1. The second-order valence-electron chi connectivity index (χ2n) is 5.55. The Morgan fingerprint density at radius 1 is 1.35 bits per heavy atom. The quantitative estimate of drug-likeness (QED) is 0.933. The summed E-state index contributed by atoms with van der Waals surface area (Å²) in [5.41, 5.74) is 0.851. The highest BCUT2D eigenvalue weighted by Gasteiger charge is 2.31. The zero-order valence-electron chi connectivity index (χ0n) is 13.4. The van der Waals surface area contributed by atoms with E-state index in [0.717, 1.165) is 25.1 Å². The molecule has 0 unspecified atom stereocenters. The van der Waals surface area contributed by atoms with E-state index in [9.17, 15) is 4.79 Å². The van der Waals surface area contributed by atoms with Gasteiger partial charge in [0, 0.05) is 37.1 Å². The minimum atomic E-state index is -0.0420. The molecular formula is C16H20N6O. The highest BCUT2D eigenvalue weighted by molar-refractivity contribution is 5.76. The summed E-state index contributed by atoms with van der Waals surface area (Å²) in [5, 5.41) is 3.09. The van der Waals surface area contributed by atoms with Crippen molar-refractivity contribution in [3.63, 3.8) is 0 Å². The van der Waals surface area contributed by atoms with Crippen LogP contribution in [0, 0.1) is 6.92 Å². The molecule has 0 aromatic carbocycles. The molecule has 7 nitrogen and oxygen atoms in total. The lowest BCUT2D eigenvalue weighted by molar-refractivity contribution is -0.131. The molecule has 1 aliphatic heterocycles. The van der Waals surface area contributed by atoms with Crippen molar-refractivity contribution in [3.05, 3.63) is 36.0 Å². The van der Waals surface area contributed by atoms with Gasteiger partial charge in [-0.25, -0.2) is 19.9 Å². The van der Waals surface area contributed by atoms with E-state index >= 15 is 0 Å². The molecule has 0 radical (unpaired) electrons. The third-order valence-electron chi connectivity index (χ3n) is 3.85. The number of anilines is 2. The lowest BCUT2D eigenvalue weighted by atomic mass is 10.2. The Morgan fingerprint density at radius 3 is 2.87 bits per heavy atom. The smallest absolute Gasteiger partial charge is 0.228 e. The van der Waals surface area contributed by atoms with Crippen LogP contribution in [-0.2, 0) is 4.79 Å². The van der Waals surface area contributed by atoms with Crippen LogP contribution in [0.15, 0.2) is 24.5 Å². The van der Waals surface area contributed by atoms with Gasteiger partial charge in [0.25, 0.3) is 0 Å². The Balaban J connectivity index is 1.87. The van der Waals surface area contributed by atoms with Crippen LogP contribution in [0.2, 0.25) is 0 Å². The molecule has 2 aromatic rings. The van der Waals surface area contributed by atoms with Crippen molar-refractivity contribution < 1.29 is 4.79 Å². The van der Waals surface area contributed by atoms with Gasteiger partial charge in [-0.05, 0) is 25.8 Å². The minimum absolute atomic E-state index is 0.0420. The van der Waals surface area contributed by atoms with Crippen LogP contribution in [0.3, 0.4) is 0 Å². The normalized spacial score (nSPS) is 17.3. The van der Waals surface area contributed by atoms with E-state index in [1.165, 1.54) is 0 Å². The van der Waals surface area contributed by atoms with Gasteiger partial charge in [-0.2, -0.15) is 0 Å². The first-order valence-corrected chi connectivity index (χ1v) is 7.86. The van der Waals surface area contributed by atoms with Gasteiger partial charge in [-0.1, -0.05) is 6.92 Å². The molecule has 1 saturated heterocycles. The van der Waals surface area contributed by atoms with Gasteiger partial charge in [0.05, 0.1) is 6.04 Å². The number of nitrogens with one attached hydrogen (secondary N) is 1. The predicted octanol–water partition coefficient (Wildman–Crippen LogP) is 2.39. The van der Waals surface area contributed by atoms with Gasteiger partial charge < -0.3 is 10.2 Å². The number of likely N-dealkylation sites (tertiary alicyclic amines) is 1. The Morgan fingerprint density at radius 2 is 2.13 bits per heavy atom. The topological polar surface area (TPSA) is 83.9 Å². The molecule has 1 N–H and O–H groups in total. The number of carbonyl (C=O) groups is 1. The average Bonchev–Trinajstić information content (AvgIpc) is 3.04. The van der Waals surface area contributed by atoms with Crippen LogP contribution in [0.25, 0.3) is 0 Å². The van der Waals surface area contributed by atoms with Gasteiger partial charge in [-0.3, -0.25) is 4.79 Å². The van der Waals surface area contributed by atoms with Crippen molar-refractivity contribution in [3.8, 4) is 0 Å². The second-order valence-corrected chi connectivity index (χ2v) is 5.55. The van der Waals surface area contributed by atoms with Crippen LogP contribution in [0.5, 0.6) is 0 Å². The Bertz CT molecular complexity index is 690. The number of rotatable bonds is 4. The first kappa shape index (κ1) is 15.3. The number of carbonyl (C=O) groups excluding carboxylic acids is 1. The molecular weight excluding hydrogens is 292 g/mol. The van der Waals surface area contributed by atoms with Crippen LogP contribution in [0.4, 0.5) is 11.8 Å². The zero-order chi connectivity index (χ0) is 16.2. The Labute approximate surface area is 135 Å². The fraction of sp³-hybridized carbons (Fsp3) is 0.438. The zero-order valence-corrected chi connectivity index (χ0v) is 13.4. The van der Waals surface area contributed by atoms with Crippen LogP contribution in [0.1, 0.15) is 43.7 Å². The van der Waals surface area contributed by atoms with E-state index in [0.29, 0.717) is 24.0 Å². The molecule has 7 heteroatoms. The number of hydrogen-bond acceptors (Lipinski definition) is 6. The number of amides is 1. The number of aryl methyl sites for hydroxylation is 1. The molecule has 0 saturated carbocycles. The Hall–Kier alpha value is -2.57. The summed E-state index contributed by atoms with van der Waals surface area (Å²) < 4.78 is 0. The molecule has 1 amide bonds. The van der Waals surface area contributed by atoms with Gasteiger partial charge in [0.1, 0.15) is 5.82 Å². The first-order chi connectivity index (χ1) is 11.2. The van der Waals surface area contributed by atoms with E-state index in [1.807, 2.05) is 24.8 Å². The number of aromatic nitrogens is 4. The molecule has 2 aromatic heterocycles. The van der Waals surface area contributed by atoms with Crippen molar-refractivity contribution in [2.24, 2.45) is 0 Å². The van der Waals surface area contributed by atoms with Crippen LogP contribution >= 0.6 is 0 Å². The maximum Gasteiger partial charge on any atom is 0.228 e. The highest BCUT2D eigenvalue weighted by atomic mass is 16.2. The van der Waals surface area contributed by atoms with E-state index < -0.39 is 0 Å². The monoisotopic (exact) mass is 312 g/mol. The van der Waals surface area contributed by atoms with Gasteiger partial charge >= 0.3 is 0 Å². The lowest BCUT2D eigenvalue weighted by Gasteiger charge is -2.23. The second kappa shape index (κ2) is 6.68. The van der Waals surface area contributed by atoms with Crippen molar-refractivity contribution in [2.75, 3.05) is 11.9 Å². The molecule has 1 aliphatic rings. The van der Waals surface area contributed by atoms with Crippen LogP contribution < -0.4 is 5.32 Å². The average molecular weight is 312 g/mol. The summed E-state index contributed by atoms with van der Waals surface area (Å²) in [5.74, 6) is 1.97. The van der Waals surface area contributed by atoms with Crippen molar-refractivity contribution in [2.45, 2.75) is 39.2 Å². The summed E-state index contributed by atoms with van der Waals surface area (Å²) in [7, 11) is 0. The summed E-state index contributed by atoms with van der Waals surface area (Å²) >= 11 is 0. The highest BCUT2D eigenvalue weighted by Crippen LogP contribution is 2.31. The molecule has 0 bridgehead atoms. The molecule has 3 rings (SSSR count). The summed E-state index contributed by atoms with van der Waals surface area (Å²) in [6, 6.07) is 3.56. The maximum absolute atomic E-state index is 12.1. The number of nitrogens with zero attached hydrogens (tertiary/aromatic N) is 5. The van der Waals surface area contributed by atoms with E-state index in [4.69, 9.17) is 0 Å². The maximum atomic E-state index is 12.1. The summed E-state index contributed by atoms with van der Waals surface area (Å²) in [4.78, 5) is 31.4. The molecule has 0 spiro atoms. The third kappa shape index (κ3) is 3.44. The predicted molar refractivity (Wildman–Crippen MR) is 86.1 cm³/mol. The van der Waals surface area contributed by atoms with E-state index in [1.54, 1.807) is 18.5 Å². The molecule has 23 heavy (non-hydrogen) atoms. The Kier molecular flexibility index (Phi) is 4.45. The van der Waals surface area contributed by atoms with E-state index in [2.05, 4.69) is 25.3 Å². The van der Waals surface area contributed by atoms with Gasteiger partial charge in [0.15, 0.2) is 5.82 Å². The fourth-order valence-corrected chi connectivity index (χ4v) is 2.82. The van der Waals surface area contributed by atoms with E-state index in [-0.39, 0.29) is 11.9 Å². The van der Waals surface area contributed by atoms with Crippen molar-refractivity contribution in [1.82, 2.24) is 24.8 Å². The molecule has 0 aliphatic carbocycles. The largest absolute Gasteiger partial charge is 0.332 e. The molecule has 1 fully saturated rings. The van der Waals surface area contributed by atoms with Gasteiger partial charge in [0.2, 0.25) is 11.9 Å². The molecule has 3 heterocycles.